The van der Waals surface area contributed by atoms with Crippen LogP contribution in [-0.2, 0) is 23.9 Å². The van der Waals surface area contributed by atoms with Crippen LogP contribution in [0.4, 0.5) is 0 Å². The van der Waals surface area contributed by atoms with Gasteiger partial charge in [0, 0.05) is 13.1 Å². The second kappa shape index (κ2) is 6.21. The second-order valence-electron chi connectivity index (χ2n) is 5.18. The minimum Gasteiger partial charge on any atom is -0.479 e. The molecule has 7 heteroatoms. The van der Waals surface area contributed by atoms with Crippen LogP contribution in [0.15, 0.2) is 0 Å². The van der Waals surface area contributed by atoms with E-state index in [2.05, 4.69) is 0 Å². The Morgan fingerprint density at radius 2 is 1.90 bits per heavy atom. The molecule has 2 fully saturated rings. The first-order valence-electron chi connectivity index (χ1n) is 6.77. The van der Waals surface area contributed by atoms with Crippen molar-refractivity contribution >= 4 is 17.8 Å². The van der Waals surface area contributed by atoms with Gasteiger partial charge in [0.25, 0.3) is 5.91 Å². The lowest BCUT2D eigenvalue weighted by Crippen LogP contribution is -2.47. The summed E-state index contributed by atoms with van der Waals surface area (Å²) >= 11 is 0. The van der Waals surface area contributed by atoms with Crippen LogP contribution in [0, 0.1) is 5.92 Å². The Balaban J connectivity index is 1.92. The zero-order valence-electron chi connectivity index (χ0n) is 11.4. The molecule has 0 radical (unpaired) electrons. The maximum Gasteiger partial charge on any atom is 0.332 e. The van der Waals surface area contributed by atoms with Gasteiger partial charge in [-0.25, -0.2) is 4.79 Å². The molecule has 2 aliphatic heterocycles. The Bertz CT molecular complexity index is 410. The van der Waals surface area contributed by atoms with Gasteiger partial charge in [-0.05, 0) is 25.7 Å². The molecule has 0 aromatic carbocycles. The van der Waals surface area contributed by atoms with Gasteiger partial charge in [0.2, 0.25) is 0 Å². The van der Waals surface area contributed by atoms with Crippen molar-refractivity contribution in [2.45, 2.75) is 37.9 Å². The molecule has 3 unspecified atom stereocenters. The second-order valence-corrected chi connectivity index (χ2v) is 5.18. The normalized spacial score (nSPS) is 30.1. The quantitative estimate of drug-likeness (QED) is 0.735. The summed E-state index contributed by atoms with van der Waals surface area (Å²) in [6.07, 6.45) is 0.604. The number of nitrogens with zero attached hydrogens (tertiary/aromatic N) is 1. The minimum atomic E-state index is -1.04. The van der Waals surface area contributed by atoms with Crippen molar-refractivity contribution in [3.63, 3.8) is 0 Å². The molecular formula is C13H19NO6. The van der Waals surface area contributed by atoms with E-state index >= 15 is 0 Å². The number of carboxylic acids is 1. The molecule has 0 aliphatic carbocycles. The molecule has 2 rings (SSSR count). The highest BCUT2D eigenvalue weighted by Gasteiger charge is 2.38. The first-order chi connectivity index (χ1) is 9.52. The third kappa shape index (κ3) is 3.09. The number of methoxy groups -OCH3 is 1. The van der Waals surface area contributed by atoms with Crippen LogP contribution >= 0.6 is 0 Å². The molecule has 2 heterocycles. The van der Waals surface area contributed by atoms with Crippen molar-refractivity contribution in [2.75, 3.05) is 20.2 Å². The van der Waals surface area contributed by atoms with Gasteiger partial charge in [-0.15, -0.1) is 0 Å². The number of rotatable bonds is 3. The monoisotopic (exact) mass is 285 g/mol. The summed E-state index contributed by atoms with van der Waals surface area (Å²) in [4.78, 5) is 36.2. The summed E-state index contributed by atoms with van der Waals surface area (Å²) in [6, 6.07) is 0. The molecule has 0 bridgehead atoms. The van der Waals surface area contributed by atoms with Crippen molar-refractivity contribution in [3.05, 3.63) is 0 Å². The van der Waals surface area contributed by atoms with E-state index in [4.69, 9.17) is 14.6 Å². The van der Waals surface area contributed by atoms with Crippen LogP contribution in [-0.4, -0.2) is 60.3 Å². The molecule has 1 N–H and O–H groups in total. The van der Waals surface area contributed by atoms with Gasteiger partial charge < -0.3 is 19.5 Å². The SMILES string of the molecule is COC(=O)C1CCCN(C(=O)C2CCC(C(=O)O)O2)C1. The van der Waals surface area contributed by atoms with Gasteiger partial charge in [-0.2, -0.15) is 0 Å². The van der Waals surface area contributed by atoms with Gasteiger partial charge in [-0.1, -0.05) is 0 Å². The van der Waals surface area contributed by atoms with Crippen LogP contribution in [0.5, 0.6) is 0 Å². The van der Waals surface area contributed by atoms with Gasteiger partial charge in [0.1, 0.15) is 6.10 Å². The Morgan fingerprint density at radius 3 is 2.50 bits per heavy atom. The zero-order valence-corrected chi connectivity index (χ0v) is 11.4. The van der Waals surface area contributed by atoms with E-state index in [-0.39, 0.29) is 17.8 Å². The fourth-order valence-corrected chi connectivity index (χ4v) is 2.74. The number of hydrogen-bond donors (Lipinski definition) is 1. The van der Waals surface area contributed by atoms with E-state index in [0.717, 1.165) is 6.42 Å². The van der Waals surface area contributed by atoms with Crippen LogP contribution < -0.4 is 0 Å². The Labute approximate surface area is 116 Å². The Hall–Kier alpha value is -1.63. The van der Waals surface area contributed by atoms with Gasteiger partial charge in [0.15, 0.2) is 6.10 Å². The lowest BCUT2D eigenvalue weighted by atomic mass is 9.97. The molecule has 1 amide bonds. The summed E-state index contributed by atoms with van der Waals surface area (Å²) in [6.45, 7) is 0.896. The summed E-state index contributed by atoms with van der Waals surface area (Å²) in [5, 5.41) is 8.86. The highest BCUT2D eigenvalue weighted by atomic mass is 16.5. The van der Waals surface area contributed by atoms with Crippen molar-refractivity contribution < 1.29 is 29.0 Å². The molecule has 0 saturated carbocycles. The number of amides is 1. The molecule has 112 valence electrons. The number of piperidine rings is 1. The lowest BCUT2D eigenvalue weighted by molar-refractivity contribution is -0.156. The van der Waals surface area contributed by atoms with Crippen molar-refractivity contribution in [3.8, 4) is 0 Å². The molecule has 2 aliphatic rings. The maximum absolute atomic E-state index is 12.3. The minimum absolute atomic E-state index is 0.220. The van der Waals surface area contributed by atoms with Crippen molar-refractivity contribution in [1.29, 1.82) is 0 Å². The highest BCUT2D eigenvalue weighted by Crippen LogP contribution is 2.24. The molecule has 7 nitrogen and oxygen atoms in total. The summed E-state index contributed by atoms with van der Waals surface area (Å²) in [5.41, 5.74) is 0. The first kappa shape index (κ1) is 14.8. The van der Waals surface area contributed by atoms with E-state index in [1.165, 1.54) is 7.11 Å². The standard InChI is InChI=1S/C13H19NO6/c1-19-13(18)8-3-2-6-14(7-8)11(15)9-4-5-10(20-9)12(16)17/h8-10H,2-7H2,1H3,(H,16,17). The summed E-state index contributed by atoms with van der Waals surface area (Å²) in [5.74, 6) is -1.86. The van der Waals surface area contributed by atoms with Crippen LogP contribution in [0.1, 0.15) is 25.7 Å². The average Bonchev–Trinajstić information content (AvgIpc) is 2.95. The summed E-state index contributed by atoms with van der Waals surface area (Å²) in [7, 11) is 1.33. The van der Waals surface area contributed by atoms with E-state index in [1.54, 1.807) is 4.90 Å². The third-order valence-electron chi connectivity index (χ3n) is 3.84. The molecule has 0 aromatic rings. The smallest absolute Gasteiger partial charge is 0.332 e. The molecule has 0 spiro atoms. The van der Waals surface area contributed by atoms with Crippen LogP contribution in [0.2, 0.25) is 0 Å². The van der Waals surface area contributed by atoms with Crippen LogP contribution in [0.25, 0.3) is 0 Å². The fourth-order valence-electron chi connectivity index (χ4n) is 2.74. The van der Waals surface area contributed by atoms with E-state index < -0.39 is 18.2 Å². The topological polar surface area (TPSA) is 93.1 Å². The van der Waals surface area contributed by atoms with Crippen molar-refractivity contribution in [2.24, 2.45) is 5.92 Å². The Kier molecular flexibility index (Phi) is 4.59. The predicted molar refractivity (Wildman–Crippen MR) is 66.9 cm³/mol. The van der Waals surface area contributed by atoms with Crippen LogP contribution in [0.3, 0.4) is 0 Å². The number of carboxylic acid groups (broad SMARTS) is 1. The molecule has 20 heavy (non-hydrogen) atoms. The van der Waals surface area contributed by atoms with Gasteiger partial charge in [0.05, 0.1) is 13.0 Å². The van der Waals surface area contributed by atoms with Crippen molar-refractivity contribution in [1.82, 2.24) is 4.90 Å². The molecule has 3 atom stereocenters. The van der Waals surface area contributed by atoms with E-state index in [0.29, 0.717) is 32.4 Å². The number of ether oxygens (including phenoxy) is 2. The predicted octanol–water partition coefficient (Wildman–Crippen LogP) is 0.0302. The number of aliphatic carboxylic acids is 1. The van der Waals surface area contributed by atoms with E-state index in [1.807, 2.05) is 0 Å². The number of hydrogen-bond acceptors (Lipinski definition) is 5. The van der Waals surface area contributed by atoms with Gasteiger partial charge in [-0.3, -0.25) is 9.59 Å². The number of esters is 1. The first-order valence-corrected chi connectivity index (χ1v) is 6.77. The molecule has 0 aromatic heterocycles. The average molecular weight is 285 g/mol. The highest BCUT2D eigenvalue weighted by molar-refractivity contribution is 5.83. The number of likely N-dealkylation sites (tertiary alicyclic amines) is 1. The molecule has 2 saturated heterocycles. The van der Waals surface area contributed by atoms with Gasteiger partial charge >= 0.3 is 11.9 Å². The largest absolute Gasteiger partial charge is 0.479 e. The Morgan fingerprint density at radius 1 is 1.20 bits per heavy atom. The molecular weight excluding hydrogens is 266 g/mol. The zero-order chi connectivity index (χ0) is 14.7. The number of carbonyl (C=O) groups is 3. The maximum atomic E-state index is 12.3. The van der Waals surface area contributed by atoms with E-state index in [9.17, 15) is 14.4 Å². The lowest BCUT2D eigenvalue weighted by Gasteiger charge is -2.32. The third-order valence-corrected chi connectivity index (χ3v) is 3.84. The fraction of sp³-hybridized carbons (Fsp3) is 0.769. The number of carbonyl (C=O) groups excluding carboxylic acids is 2. The summed E-state index contributed by atoms with van der Waals surface area (Å²) < 4.78 is 9.96.